The topological polar surface area (TPSA) is 76.2 Å². The molecule has 3 aromatic rings. The Labute approximate surface area is 144 Å². The summed E-state index contributed by atoms with van der Waals surface area (Å²) in [5.41, 5.74) is 0.786. The van der Waals surface area contributed by atoms with E-state index >= 15 is 0 Å². The van der Waals surface area contributed by atoms with Gasteiger partial charge < -0.3 is 9.72 Å². The number of rotatable bonds is 5. The second kappa shape index (κ2) is 7.13. The second-order valence-corrected chi connectivity index (χ2v) is 5.63. The SMILES string of the molecule is CCC(OC(=O)c1cc(=O)[nH]c2ccccc12)C(=O)c1ccccc1. The molecule has 5 heteroatoms. The summed E-state index contributed by atoms with van der Waals surface area (Å²) in [6.45, 7) is 1.77. The van der Waals surface area contributed by atoms with Crippen molar-refractivity contribution < 1.29 is 14.3 Å². The summed E-state index contributed by atoms with van der Waals surface area (Å²) in [4.78, 5) is 39.6. The molecule has 3 rings (SSSR count). The molecule has 2 aromatic carbocycles. The minimum absolute atomic E-state index is 0.152. The number of hydrogen-bond acceptors (Lipinski definition) is 4. The van der Waals surface area contributed by atoms with Gasteiger partial charge in [-0.05, 0) is 12.5 Å². The third-order valence-electron chi connectivity index (χ3n) is 3.94. The van der Waals surface area contributed by atoms with Gasteiger partial charge in [0.05, 0.1) is 5.56 Å². The van der Waals surface area contributed by atoms with Gasteiger partial charge in [0.2, 0.25) is 11.3 Å². The zero-order chi connectivity index (χ0) is 17.8. The lowest BCUT2D eigenvalue weighted by molar-refractivity contribution is 0.0279. The van der Waals surface area contributed by atoms with Crippen LogP contribution in [-0.2, 0) is 4.74 Å². The van der Waals surface area contributed by atoms with Gasteiger partial charge in [-0.1, -0.05) is 55.5 Å². The third-order valence-corrected chi connectivity index (χ3v) is 3.94. The lowest BCUT2D eigenvalue weighted by Crippen LogP contribution is -2.27. The lowest BCUT2D eigenvalue weighted by Gasteiger charge is -2.16. The van der Waals surface area contributed by atoms with Crippen molar-refractivity contribution in [1.29, 1.82) is 0 Å². The number of carbonyl (C=O) groups excluding carboxylic acids is 2. The maximum Gasteiger partial charge on any atom is 0.339 e. The Morgan fingerprint density at radius 2 is 1.72 bits per heavy atom. The van der Waals surface area contributed by atoms with E-state index in [1.165, 1.54) is 6.07 Å². The zero-order valence-corrected chi connectivity index (χ0v) is 13.7. The summed E-state index contributed by atoms with van der Waals surface area (Å²) in [5, 5.41) is 0.578. The molecule has 0 aliphatic rings. The standard InChI is InChI=1S/C20H17NO4/c1-2-17(19(23)13-8-4-3-5-9-13)25-20(24)15-12-18(22)21-16-11-7-6-10-14(15)16/h3-12,17H,2H2,1H3,(H,21,22). The van der Waals surface area contributed by atoms with Crippen molar-refractivity contribution in [3.05, 3.63) is 82.1 Å². The molecule has 1 N–H and O–H groups in total. The minimum atomic E-state index is -0.895. The number of aromatic nitrogens is 1. The van der Waals surface area contributed by atoms with Gasteiger partial charge in [0.25, 0.3) is 0 Å². The van der Waals surface area contributed by atoms with E-state index < -0.39 is 17.6 Å². The highest BCUT2D eigenvalue weighted by Crippen LogP contribution is 2.18. The molecule has 126 valence electrons. The predicted octanol–water partition coefficient (Wildman–Crippen LogP) is 3.35. The summed E-state index contributed by atoms with van der Waals surface area (Å²) < 4.78 is 5.42. The molecule has 25 heavy (non-hydrogen) atoms. The Hall–Kier alpha value is -3.21. The van der Waals surface area contributed by atoms with Gasteiger partial charge in [0.15, 0.2) is 6.10 Å². The molecule has 1 unspecified atom stereocenters. The van der Waals surface area contributed by atoms with Crippen molar-refractivity contribution in [2.75, 3.05) is 0 Å². The predicted molar refractivity (Wildman–Crippen MR) is 94.8 cm³/mol. The van der Waals surface area contributed by atoms with Gasteiger partial charge in [0, 0.05) is 22.5 Å². The highest BCUT2D eigenvalue weighted by atomic mass is 16.5. The number of H-pyrrole nitrogens is 1. The molecule has 0 spiro atoms. The van der Waals surface area contributed by atoms with Crippen LogP contribution in [0.3, 0.4) is 0 Å². The first-order chi connectivity index (χ1) is 12.1. The molecule has 1 atom stereocenters. The first kappa shape index (κ1) is 16.6. The van der Waals surface area contributed by atoms with E-state index in [4.69, 9.17) is 4.74 Å². The lowest BCUT2D eigenvalue weighted by atomic mass is 10.0. The van der Waals surface area contributed by atoms with Crippen molar-refractivity contribution in [2.24, 2.45) is 0 Å². The summed E-state index contributed by atoms with van der Waals surface area (Å²) in [5.74, 6) is -0.941. The van der Waals surface area contributed by atoms with Gasteiger partial charge in [-0.15, -0.1) is 0 Å². The number of nitrogens with one attached hydrogen (secondary N) is 1. The normalized spacial score (nSPS) is 11.9. The van der Waals surface area contributed by atoms with E-state index in [9.17, 15) is 14.4 Å². The van der Waals surface area contributed by atoms with Gasteiger partial charge in [0.1, 0.15) is 0 Å². The van der Waals surface area contributed by atoms with E-state index in [0.717, 1.165) is 0 Å². The highest BCUT2D eigenvalue weighted by molar-refractivity contribution is 6.05. The fraction of sp³-hybridized carbons (Fsp3) is 0.150. The first-order valence-corrected chi connectivity index (χ1v) is 8.02. The highest BCUT2D eigenvalue weighted by Gasteiger charge is 2.24. The van der Waals surface area contributed by atoms with Crippen molar-refractivity contribution >= 4 is 22.7 Å². The third kappa shape index (κ3) is 3.50. The van der Waals surface area contributed by atoms with Crippen LogP contribution in [0.5, 0.6) is 0 Å². The number of aromatic amines is 1. The monoisotopic (exact) mass is 335 g/mol. The Kier molecular flexibility index (Phi) is 4.75. The van der Waals surface area contributed by atoms with Gasteiger partial charge in [-0.2, -0.15) is 0 Å². The Balaban J connectivity index is 1.91. The van der Waals surface area contributed by atoms with Gasteiger partial charge >= 0.3 is 5.97 Å². The minimum Gasteiger partial charge on any atom is -0.450 e. The molecular formula is C20H17NO4. The quantitative estimate of drug-likeness (QED) is 0.573. The van der Waals surface area contributed by atoms with Crippen LogP contribution in [0.2, 0.25) is 0 Å². The van der Waals surface area contributed by atoms with Crippen LogP contribution in [0, 0.1) is 0 Å². The maximum atomic E-state index is 12.6. The van der Waals surface area contributed by atoms with Crippen molar-refractivity contribution in [2.45, 2.75) is 19.4 Å². The number of fused-ring (bicyclic) bond motifs is 1. The molecule has 0 radical (unpaired) electrons. The number of ether oxygens (including phenoxy) is 1. The number of para-hydroxylation sites is 1. The van der Waals surface area contributed by atoms with E-state index in [-0.39, 0.29) is 11.3 Å². The molecule has 0 bridgehead atoms. The molecule has 0 aliphatic heterocycles. The van der Waals surface area contributed by atoms with Crippen LogP contribution < -0.4 is 5.56 Å². The fourth-order valence-corrected chi connectivity index (χ4v) is 2.68. The summed E-state index contributed by atoms with van der Waals surface area (Å²) >= 11 is 0. The number of hydrogen-bond donors (Lipinski definition) is 1. The van der Waals surface area contributed by atoms with Crippen LogP contribution in [0.15, 0.2) is 65.5 Å². The number of esters is 1. The number of pyridine rings is 1. The summed E-state index contributed by atoms with van der Waals surface area (Å²) in [6, 6.07) is 16.9. The molecule has 0 aliphatic carbocycles. The van der Waals surface area contributed by atoms with Gasteiger partial charge in [-0.25, -0.2) is 4.79 Å². The van der Waals surface area contributed by atoms with E-state index in [1.807, 2.05) is 6.07 Å². The summed E-state index contributed by atoms with van der Waals surface area (Å²) in [6.07, 6.45) is -0.548. The van der Waals surface area contributed by atoms with Crippen molar-refractivity contribution in [1.82, 2.24) is 4.98 Å². The number of ketones is 1. The number of carbonyl (C=O) groups is 2. The Morgan fingerprint density at radius 3 is 2.44 bits per heavy atom. The van der Waals surface area contributed by atoms with Crippen molar-refractivity contribution in [3.63, 3.8) is 0 Å². The fourth-order valence-electron chi connectivity index (χ4n) is 2.68. The van der Waals surface area contributed by atoms with Crippen LogP contribution >= 0.6 is 0 Å². The molecular weight excluding hydrogens is 318 g/mol. The van der Waals surface area contributed by atoms with Crippen LogP contribution in [0.1, 0.15) is 34.1 Å². The smallest absolute Gasteiger partial charge is 0.339 e. The van der Waals surface area contributed by atoms with Crippen molar-refractivity contribution in [3.8, 4) is 0 Å². The number of Topliss-reactive ketones (excluding diaryl/α,β-unsaturated/α-hetero) is 1. The zero-order valence-electron chi connectivity index (χ0n) is 13.7. The van der Waals surface area contributed by atoms with E-state index in [2.05, 4.69) is 4.98 Å². The Morgan fingerprint density at radius 1 is 1.04 bits per heavy atom. The molecule has 1 aromatic heterocycles. The van der Waals surface area contributed by atoms with Crippen LogP contribution in [0.25, 0.3) is 10.9 Å². The maximum absolute atomic E-state index is 12.6. The Bertz CT molecular complexity index is 976. The number of benzene rings is 2. The average Bonchev–Trinajstić information content (AvgIpc) is 2.65. The summed E-state index contributed by atoms with van der Waals surface area (Å²) in [7, 11) is 0. The first-order valence-electron chi connectivity index (χ1n) is 8.02. The van der Waals surface area contributed by atoms with E-state index in [1.54, 1.807) is 55.5 Å². The molecule has 0 fully saturated rings. The van der Waals surface area contributed by atoms with E-state index in [0.29, 0.717) is 22.9 Å². The molecule has 1 heterocycles. The molecule has 5 nitrogen and oxygen atoms in total. The second-order valence-electron chi connectivity index (χ2n) is 5.63. The molecule has 0 saturated heterocycles. The van der Waals surface area contributed by atoms with Gasteiger partial charge in [-0.3, -0.25) is 9.59 Å². The largest absolute Gasteiger partial charge is 0.450 e. The van der Waals surface area contributed by atoms with Crippen LogP contribution in [0.4, 0.5) is 0 Å². The average molecular weight is 335 g/mol. The molecule has 0 saturated carbocycles. The molecule has 0 amide bonds. The van der Waals surface area contributed by atoms with Crippen LogP contribution in [-0.4, -0.2) is 22.8 Å².